The molecule has 0 fully saturated rings. The molecule has 0 saturated carbocycles. The molecule has 1 amide bonds. The molecular weight excluding hydrogens is 264 g/mol. The highest BCUT2D eigenvalue weighted by molar-refractivity contribution is 6.03. The topological polar surface area (TPSA) is 89.8 Å². The van der Waals surface area contributed by atoms with Crippen LogP contribution in [0.1, 0.15) is 19.4 Å². The highest BCUT2D eigenvalue weighted by atomic mass is 16.6. The Morgan fingerprint density at radius 1 is 1.50 bits per heavy atom. The number of hydrogen-bond donors (Lipinski definition) is 0. The largest absolute Gasteiger partial charge is 0.464 e. The molecule has 0 spiro atoms. The van der Waals surface area contributed by atoms with E-state index < -0.39 is 22.8 Å². The van der Waals surface area contributed by atoms with Gasteiger partial charge in [-0.2, -0.15) is 0 Å². The molecule has 0 radical (unpaired) electrons. The van der Waals surface area contributed by atoms with Crippen LogP contribution in [0, 0.1) is 10.1 Å². The number of anilines is 1. The maximum Gasteiger partial charge on any atom is 0.329 e. The van der Waals surface area contributed by atoms with Crippen molar-refractivity contribution in [2.24, 2.45) is 0 Å². The van der Waals surface area contributed by atoms with E-state index in [1.165, 1.54) is 13.0 Å². The molecule has 7 nitrogen and oxygen atoms in total. The molecule has 20 heavy (non-hydrogen) atoms. The number of para-hydroxylation sites is 1. The van der Waals surface area contributed by atoms with Crippen molar-refractivity contribution in [2.45, 2.75) is 26.3 Å². The average molecular weight is 278 g/mol. The number of benzene rings is 1. The lowest BCUT2D eigenvalue weighted by Gasteiger charge is -2.22. The number of esters is 1. The number of hydrogen-bond acceptors (Lipinski definition) is 5. The maximum absolute atomic E-state index is 11.9. The molecule has 106 valence electrons. The quantitative estimate of drug-likeness (QED) is 0.474. The Balaban J connectivity index is 2.50. The smallest absolute Gasteiger partial charge is 0.329 e. The molecule has 2 rings (SSSR count). The van der Waals surface area contributed by atoms with Gasteiger partial charge < -0.3 is 4.74 Å². The zero-order chi connectivity index (χ0) is 14.9. The second kappa shape index (κ2) is 5.28. The lowest BCUT2D eigenvalue weighted by molar-refractivity contribution is -0.384. The van der Waals surface area contributed by atoms with E-state index in [4.69, 9.17) is 4.74 Å². The summed E-state index contributed by atoms with van der Waals surface area (Å²) in [4.78, 5) is 35.4. The van der Waals surface area contributed by atoms with Gasteiger partial charge in [0.1, 0.15) is 11.7 Å². The summed E-state index contributed by atoms with van der Waals surface area (Å²) in [5, 5.41) is 11.1. The Morgan fingerprint density at radius 3 is 2.75 bits per heavy atom. The maximum atomic E-state index is 11.9. The summed E-state index contributed by atoms with van der Waals surface area (Å²) in [6, 6.07) is 3.71. The van der Waals surface area contributed by atoms with Crippen molar-refractivity contribution >= 4 is 23.3 Å². The van der Waals surface area contributed by atoms with E-state index in [1.807, 2.05) is 0 Å². The van der Waals surface area contributed by atoms with E-state index >= 15 is 0 Å². The molecule has 1 aliphatic heterocycles. The first-order valence-corrected chi connectivity index (χ1v) is 6.20. The van der Waals surface area contributed by atoms with Gasteiger partial charge in [-0.1, -0.05) is 12.1 Å². The molecule has 0 saturated heterocycles. The normalized spacial score (nSPS) is 16.7. The number of nitro benzene ring substituents is 1. The van der Waals surface area contributed by atoms with Crippen LogP contribution < -0.4 is 4.90 Å². The standard InChI is InChI=1S/C13H14N2O5/c1-3-20-13(17)11-7-9-5-4-6-10(15(18)19)12(9)14(11)8(2)16/h4-6,11H,3,7H2,1-2H3. The lowest BCUT2D eigenvalue weighted by atomic mass is 10.1. The number of rotatable bonds is 3. The highest BCUT2D eigenvalue weighted by Gasteiger charge is 2.41. The minimum absolute atomic E-state index is 0.176. The summed E-state index contributed by atoms with van der Waals surface area (Å²) in [7, 11) is 0. The molecule has 1 heterocycles. The molecule has 1 atom stereocenters. The molecule has 0 aromatic heterocycles. The molecule has 0 aliphatic carbocycles. The van der Waals surface area contributed by atoms with E-state index in [1.54, 1.807) is 19.1 Å². The number of carbonyl (C=O) groups excluding carboxylic acids is 2. The number of ether oxygens (including phenoxy) is 1. The van der Waals surface area contributed by atoms with Crippen molar-refractivity contribution in [3.63, 3.8) is 0 Å². The zero-order valence-electron chi connectivity index (χ0n) is 11.2. The van der Waals surface area contributed by atoms with Crippen LogP contribution in [0.4, 0.5) is 11.4 Å². The van der Waals surface area contributed by atoms with Crippen LogP contribution in [-0.4, -0.2) is 29.4 Å². The van der Waals surface area contributed by atoms with Crippen molar-refractivity contribution < 1.29 is 19.2 Å². The van der Waals surface area contributed by atoms with Crippen LogP contribution in [0.2, 0.25) is 0 Å². The van der Waals surface area contributed by atoms with Gasteiger partial charge in [-0.3, -0.25) is 19.8 Å². The number of fused-ring (bicyclic) bond motifs is 1. The SMILES string of the molecule is CCOC(=O)C1Cc2cccc([N+](=O)[O-])c2N1C(C)=O. The first-order chi connectivity index (χ1) is 9.47. The van der Waals surface area contributed by atoms with Gasteiger partial charge in [0, 0.05) is 19.4 Å². The summed E-state index contributed by atoms with van der Waals surface area (Å²) in [5.74, 6) is -0.968. The van der Waals surface area contributed by atoms with Gasteiger partial charge in [0.15, 0.2) is 0 Å². The van der Waals surface area contributed by atoms with Gasteiger partial charge in [0.25, 0.3) is 5.69 Å². The summed E-state index contributed by atoms with van der Waals surface area (Å²) >= 11 is 0. The number of nitro groups is 1. The average Bonchev–Trinajstić information content (AvgIpc) is 2.77. The molecular formula is C13H14N2O5. The third-order valence-corrected chi connectivity index (χ3v) is 3.16. The fourth-order valence-corrected chi connectivity index (χ4v) is 2.43. The fourth-order valence-electron chi connectivity index (χ4n) is 2.43. The van der Waals surface area contributed by atoms with Crippen LogP contribution in [0.5, 0.6) is 0 Å². The fraction of sp³-hybridized carbons (Fsp3) is 0.385. The third kappa shape index (κ3) is 2.22. The van der Waals surface area contributed by atoms with Crippen molar-refractivity contribution in [3.05, 3.63) is 33.9 Å². The number of carbonyl (C=O) groups is 2. The zero-order valence-corrected chi connectivity index (χ0v) is 11.2. The number of amides is 1. The van der Waals surface area contributed by atoms with Crippen LogP contribution >= 0.6 is 0 Å². The Bertz CT molecular complexity index is 584. The highest BCUT2D eigenvalue weighted by Crippen LogP contribution is 2.40. The molecule has 1 aliphatic rings. The van der Waals surface area contributed by atoms with Crippen molar-refractivity contribution in [1.82, 2.24) is 0 Å². The second-order valence-electron chi connectivity index (χ2n) is 4.40. The van der Waals surface area contributed by atoms with Crippen LogP contribution in [-0.2, 0) is 20.7 Å². The van der Waals surface area contributed by atoms with Gasteiger partial charge in [0.2, 0.25) is 5.91 Å². The van der Waals surface area contributed by atoms with Crippen molar-refractivity contribution in [1.29, 1.82) is 0 Å². The summed E-state index contributed by atoms with van der Waals surface area (Å²) in [5.41, 5.74) is 0.625. The monoisotopic (exact) mass is 278 g/mol. The van der Waals surface area contributed by atoms with Gasteiger partial charge in [0.05, 0.1) is 11.5 Å². The van der Waals surface area contributed by atoms with Crippen molar-refractivity contribution in [3.8, 4) is 0 Å². The van der Waals surface area contributed by atoms with E-state index in [-0.39, 0.29) is 24.4 Å². The molecule has 1 unspecified atom stereocenters. The minimum atomic E-state index is -0.830. The van der Waals surface area contributed by atoms with Gasteiger partial charge in [-0.05, 0) is 12.5 Å². The van der Waals surface area contributed by atoms with Crippen molar-refractivity contribution in [2.75, 3.05) is 11.5 Å². The molecule has 0 N–H and O–H groups in total. The summed E-state index contributed by atoms with van der Waals surface area (Å²) < 4.78 is 4.94. The first-order valence-electron chi connectivity index (χ1n) is 6.20. The molecule has 0 bridgehead atoms. The predicted molar refractivity (Wildman–Crippen MR) is 70.4 cm³/mol. The first kappa shape index (κ1) is 14.0. The van der Waals surface area contributed by atoms with E-state index in [2.05, 4.69) is 0 Å². The predicted octanol–water partition coefficient (Wildman–Crippen LogP) is 1.44. The lowest BCUT2D eigenvalue weighted by Crippen LogP contribution is -2.42. The van der Waals surface area contributed by atoms with Crippen LogP contribution in [0.25, 0.3) is 0 Å². The molecule has 7 heteroatoms. The van der Waals surface area contributed by atoms with E-state index in [0.29, 0.717) is 5.56 Å². The summed E-state index contributed by atoms with van der Waals surface area (Å²) in [6.07, 6.45) is 0.232. The molecule has 1 aromatic rings. The number of nitrogens with zero attached hydrogens (tertiary/aromatic N) is 2. The van der Waals surface area contributed by atoms with Crippen LogP contribution in [0.3, 0.4) is 0 Å². The summed E-state index contributed by atoms with van der Waals surface area (Å²) in [6.45, 7) is 3.14. The van der Waals surface area contributed by atoms with E-state index in [0.717, 1.165) is 4.90 Å². The van der Waals surface area contributed by atoms with Gasteiger partial charge in [-0.25, -0.2) is 4.79 Å². The third-order valence-electron chi connectivity index (χ3n) is 3.16. The van der Waals surface area contributed by atoms with Gasteiger partial charge >= 0.3 is 5.97 Å². The Labute approximate surface area is 115 Å². The van der Waals surface area contributed by atoms with E-state index in [9.17, 15) is 19.7 Å². The minimum Gasteiger partial charge on any atom is -0.464 e. The van der Waals surface area contributed by atoms with Crippen LogP contribution in [0.15, 0.2) is 18.2 Å². The Hall–Kier alpha value is -2.44. The van der Waals surface area contributed by atoms with Gasteiger partial charge in [-0.15, -0.1) is 0 Å². The molecule has 1 aromatic carbocycles. The second-order valence-corrected chi connectivity index (χ2v) is 4.40. The Kier molecular flexibility index (Phi) is 3.69. The Morgan fingerprint density at radius 2 is 2.20 bits per heavy atom.